The quantitative estimate of drug-likeness (QED) is 0.312. The molecule has 5 heterocycles. The minimum absolute atomic E-state index is 0.0418. The molecule has 5 aromatic rings. The second-order valence-corrected chi connectivity index (χ2v) is 10.3. The lowest BCUT2D eigenvalue weighted by atomic mass is 10.1. The van der Waals surface area contributed by atoms with Crippen LogP contribution in [-0.4, -0.2) is 66.0 Å². The Balaban J connectivity index is 1.52. The predicted octanol–water partition coefficient (Wildman–Crippen LogP) is 4.13. The number of nitrogens with two attached hydrogens (primary N) is 1. The van der Waals surface area contributed by atoms with Crippen LogP contribution in [0.4, 0.5) is 13.2 Å². The molecule has 4 aromatic heterocycles. The number of fused-ring (bicyclic) bond motifs is 2. The van der Waals surface area contributed by atoms with Crippen LogP contribution < -0.4 is 10.5 Å². The maximum atomic E-state index is 13.4. The summed E-state index contributed by atoms with van der Waals surface area (Å²) in [6.07, 6.45) is 1.05. The number of halogens is 3. The first-order chi connectivity index (χ1) is 20.1. The number of piperidine rings is 1. The van der Waals surface area contributed by atoms with Crippen molar-refractivity contribution in [1.82, 2.24) is 28.8 Å². The molecular formula is C29H26F3N7O3. The first-order valence-corrected chi connectivity index (χ1v) is 13.3. The third kappa shape index (κ3) is 5.07. The van der Waals surface area contributed by atoms with Gasteiger partial charge in [0.25, 0.3) is 5.91 Å². The molecule has 0 spiro atoms. The van der Waals surface area contributed by atoms with Crippen molar-refractivity contribution in [2.75, 3.05) is 13.1 Å². The van der Waals surface area contributed by atoms with E-state index in [0.717, 1.165) is 29.0 Å². The largest absolute Gasteiger partial charge is 0.491 e. The van der Waals surface area contributed by atoms with Crippen LogP contribution in [0.2, 0.25) is 0 Å². The number of hydrogen-bond acceptors (Lipinski definition) is 7. The Morgan fingerprint density at radius 3 is 2.62 bits per heavy atom. The van der Waals surface area contributed by atoms with Crippen LogP contribution in [0.3, 0.4) is 0 Å². The van der Waals surface area contributed by atoms with Crippen molar-refractivity contribution in [1.29, 1.82) is 0 Å². The number of carbonyl (C=O) groups excluding carboxylic acids is 2. The molecule has 1 aliphatic heterocycles. The van der Waals surface area contributed by atoms with Gasteiger partial charge in [-0.2, -0.15) is 13.2 Å². The number of nitrogens with zero attached hydrogens (tertiary/aromatic N) is 6. The first kappa shape index (κ1) is 27.4. The molecule has 0 aliphatic carbocycles. The van der Waals surface area contributed by atoms with Crippen molar-refractivity contribution >= 4 is 28.4 Å². The van der Waals surface area contributed by atoms with Crippen LogP contribution in [0.1, 0.15) is 34.5 Å². The van der Waals surface area contributed by atoms with E-state index >= 15 is 0 Å². The molecule has 10 nitrogen and oxygen atoms in total. The third-order valence-corrected chi connectivity index (χ3v) is 7.35. The molecule has 1 fully saturated rings. The summed E-state index contributed by atoms with van der Waals surface area (Å²) in [5, 5.41) is 0.918. The number of ether oxygens (including phenoxy) is 1. The zero-order valence-corrected chi connectivity index (χ0v) is 22.5. The van der Waals surface area contributed by atoms with Gasteiger partial charge in [0.05, 0.1) is 17.9 Å². The molecule has 6 rings (SSSR count). The number of amides is 1. The molecule has 13 heteroatoms. The SMILES string of the molecule is Cc1c(-c2cc3ccccc3n2Cc2cncnc2)nc2cc(C(=O)N3CCC[C@@H](N)C3)cc(OC(=O)C(F)(F)F)n12. The molecule has 1 amide bonds. The molecule has 0 unspecified atom stereocenters. The summed E-state index contributed by atoms with van der Waals surface area (Å²) in [6.45, 7) is 2.83. The van der Waals surface area contributed by atoms with Crippen molar-refractivity contribution in [2.45, 2.75) is 38.5 Å². The van der Waals surface area contributed by atoms with Crippen molar-refractivity contribution in [3.8, 4) is 17.3 Å². The number of aryl methyl sites for hydroxylation is 1. The summed E-state index contributed by atoms with van der Waals surface area (Å²) in [5.74, 6) is -3.30. The maximum Gasteiger partial charge on any atom is 0.491 e. The van der Waals surface area contributed by atoms with E-state index in [-0.39, 0.29) is 17.3 Å². The summed E-state index contributed by atoms with van der Waals surface area (Å²) in [4.78, 5) is 39.9. The molecule has 0 saturated carbocycles. The fraction of sp³-hybridized carbons (Fsp3) is 0.276. The number of aromatic nitrogens is 5. The molecular weight excluding hydrogens is 551 g/mol. The lowest BCUT2D eigenvalue weighted by Crippen LogP contribution is -2.45. The summed E-state index contributed by atoms with van der Waals surface area (Å²) in [7, 11) is 0. The van der Waals surface area contributed by atoms with Crippen LogP contribution in [-0.2, 0) is 11.3 Å². The highest BCUT2D eigenvalue weighted by molar-refractivity contribution is 5.96. The molecule has 0 bridgehead atoms. The van der Waals surface area contributed by atoms with Gasteiger partial charge < -0.3 is 19.9 Å². The monoisotopic (exact) mass is 577 g/mol. The maximum absolute atomic E-state index is 13.4. The molecule has 0 radical (unpaired) electrons. The number of pyridine rings is 1. The van der Waals surface area contributed by atoms with Crippen LogP contribution in [0.25, 0.3) is 27.9 Å². The average molecular weight is 578 g/mol. The highest BCUT2D eigenvalue weighted by Crippen LogP contribution is 2.34. The zero-order chi connectivity index (χ0) is 29.6. The minimum Gasteiger partial charge on any atom is -0.402 e. The smallest absolute Gasteiger partial charge is 0.402 e. The summed E-state index contributed by atoms with van der Waals surface area (Å²) in [5.41, 5.74) is 9.50. The van der Waals surface area contributed by atoms with E-state index in [0.29, 0.717) is 43.1 Å². The number of esters is 1. The molecule has 2 N–H and O–H groups in total. The lowest BCUT2D eigenvalue weighted by molar-refractivity contribution is -0.190. The van der Waals surface area contributed by atoms with Crippen LogP contribution in [0, 0.1) is 6.92 Å². The number of likely N-dealkylation sites (tertiary alicyclic amines) is 1. The van der Waals surface area contributed by atoms with E-state index < -0.39 is 23.9 Å². The number of benzene rings is 1. The zero-order valence-electron chi connectivity index (χ0n) is 22.5. The second kappa shape index (κ2) is 10.6. The van der Waals surface area contributed by atoms with Gasteiger partial charge in [-0.15, -0.1) is 0 Å². The number of imidazole rings is 1. The summed E-state index contributed by atoms with van der Waals surface area (Å²) in [6, 6.07) is 12.1. The van der Waals surface area contributed by atoms with Gasteiger partial charge in [0.1, 0.15) is 17.7 Å². The molecule has 1 atom stereocenters. The van der Waals surface area contributed by atoms with Gasteiger partial charge in [0.2, 0.25) is 5.88 Å². The van der Waals surface area contributed by atoms with Crippen molar-refractivity contribution in [2.24, 2.45) is 5.73 Å². The van der Waals surface area contributed by atoms with Gasteiger partial charge >= 0.3 is 12.1 Å². The Bertz CT molecular complexity index is 1810. The van der Waals surface area contributed by atoms with Gasteiger partial charge in [-0.05, 0) is 38.0 Å². The van der Waals surface area contributed by atoms with Gasteiger partial charge in [-0.3, -0.25) is 9.20 Å². The highest BCUT2D eigenvalue weighted by Gasteiger charge is 2.42. The van der Waals surface area contributed by atoms with Crippen LogP contribution in [0.5, 0.6) is 5.88 Å². The van der Waals surface area contributed by atoms with Crippen molar-refractivity contribution in [3.63, 3.8) is 0 Å². The standard InChI is InChI=1S/C29H26F3N7O3/c1-17-26(23-9-19-5-2-3-7-22(19)38(23)14-18-12-34-16-35-13-18)36-24-10-20(27(40)37-8-4-6-21(33)15-37)11-25(39(17)24)42-28(41)29(30,31)32/h2-3,5,7,9-13,16,21H,4,6,8,14-15,33H2,1H3/t21-/m1/s1. The average Bonchev–Trinajstić information content (AvgIpc) is 3.49. The topological polar surface area (TPSA) is 121 Å². The van der Waals surface area contributed by atoms with E-state index in [1.165, 1.54) is 16.8 Å². The third-order valence-electron chi connectivity index (χ3n) is 7.35. The normalized spacial score (nSPS) is 15.8. The van der Waals surface area contributed by atoms with Crippen LogP contribution >= 0.6 is 0 Å². The van der Waals surface area contributed by atoms with Crippen LogP contribution in [0.15, 0.2) is 61.2 Å². The number of carbonyl (C=O) groups is 2. The van der Waals surface area contributed by atoms with E-state index in [1.54, 1.807) is 24.2 Å². The Labute approximate surface area is 237 Å². The summed E-state index contributed by atoms with van der Waals surface area (Å²) < 4.78 is 48.0. The van der Waals surface area contributed by atoms with E-state index in [9.17, 15) is 22.8 Å². The number of alkyl halides is 3. The number of rotatable bonds is 5. The van der Waals surface area contributed by atoms with E-state index in [2.05, 4.69) is 9.97 Å². The molecule has 1 saturated heterocycles. The van der Waals surface area contributed by atoms with E-state index in [4.69, 9.17) is 15.5 Å². The Morgan fingerprint density at radius 1 is 1.12 bits per heavy atom. The van der Waals surface area contributed by atoms with Gasteiger partial charge in [-0.1, -0.05) is 18.2 Å². The van der Waals surface area contributed by atoms with Crippen molar-refractivity contribution < 1.29 is 27.5 Å². The summed E-state index contributed by atoms with van der Waals surface area (Å²) >= 11 is 0. The fourth-order valence-corrected chi connectivity index (χ4v) is 5.42. The Morgan fingerprint density at radius 2 is 1.88 bits per heavy atom. The lowest BCUT2D eigenvalue weighted by Gasteiger charge is -2.30. The van der Waals surface area contributed by atoms with Gasteiger partial charge in [0, 0.05) is 59.6 Å². The first-order valence-electron chi connectivity index (χ1n) is 13.3. The molecule has 216 valence electrons. The van der Waals surface area contributed by atoms with Gasteiger partial charge in [-0.25, -0.2) is 19.7 Å². The molecule has 1 aliphatic rings. The Hall–Kier alpha value is -4.78. The number of para-hydroxylation sites is 1. The minimum atomic E-state index is -5.24. The number of hydrogen-bond donors (Lipinski definition) is 1. The second-order valence-electron chi connectivity index (χ2n) is 10.3. The fourth-order valence-electron chi connectivity index (χ4n) is 5.42. The predicted molar refractivity (Wildman–Crippen MR) is 147 cm³/mol. The van der Waals surface area contributed by atoms with Crippen molar-refractivity contribution in [3.05, 3.63) is 78.0 Å². The Kier molecular flexibility index (Phi) is 6.89. The molecule has 42 heavy (non-hydrogen) atoms. The van der Waals surface area contributed by atoms with E-state index in [1.807, 2.05) is 34.9 Å². The molecule has 1 aromatic carbocycles. The highest BCUT2D eigenvalue weighted by atomic mass is 19.4. The van der Waals surface area contributed by atoms with Gasteiger partial charge in [0.15, 0.2) is 0 Å².